The van der Waals surface area contributed by atoms with E-state index in [9.17, 15) is 22.9 Å². The molecule has 0 rings (SSSR count). The number of unbranched alkanes of at least 4 members (excludes halogenated alkanes) is 26. The molecule has 0 spiro atoms. The van der Waals surface area contributed by atoms with E-state index in [1.54, 1.807) is 6.08 Å². The molecule has 1 amide bonds. The first-order chi connectivity index (χ1) is 22.8. The Morgan fingerprint density at radius 1 is 0.553 bits per heavy atom. The SMILES string of the molecule is CCCCCCCCC/C=C/C(O)C(CS(=O)(=O)O)NC(=O)CCCCCCCCCCCCC/C=C\CCCCCCCCCC. The van der Waals surface area contributed by atoms with Crippen molar-refractivity contribution in [2.24, 2.45) is 0 Å². The van der Waals surface area contributed by atoms with Gasteiger partial charge >= 0.3 is 0 Å². The summed E-state index contributed by atoms with van der Waals surface area (Å²) in [6.45, 7) is 4.48. The molecule has 0 bridgehead atoms. The van der Waals surface area contributed by atoms with Gasteiger partial charge in [-0.1, -0.05) is 179 Å². The number of nitrogens with one attached hydrogen (secondary N) is 1. The van der Waals surface area contributed by atoms with Gasteiger partial charge < -0.3 is 10.4 Å². The minimum atomic E-state index is -4.33. The van der Waals surface area contributed by atoms with Crippen molar-refractivity contribution in [1.82, 2.24) is 5.32 Å². The van der Waals surface area contributed by atoms with Crippen LogP contribution in [0.1, 0.15) is 206 Å². The molecule has 0 saturated carbocycles. The highest BCUT2D eigenvalue weighted by atomic mass is 32.2. The monoisotopic (exact) mass is 684 g/mol. The maximum Gasteiger partial charge on any atom is 0.267 e. The summed E-state index contributed by atoms with van der Waals surface area (Å²) in [4.78, 5) is 12.5. The van der Waals surface area contributed by atoms with E-state index in [0.29, 0.717) is 6.42 Å². The van der Waals surface area contributed by atoms with Crippen LogP contribution in [0.25, 0.3) is 0 Å². The molecule has 2 unspecified atom stereocenters. The Hall–Kier alpha value is -1.18. The van der Waals surface area contributed by atoms with Crippen molar-refractivity contribution in [1.29, 1.82) is 0 Å². The van der Waals surface area contributed by atoms with Gasteiger partial charge in [0.25, 0.3) is 10.1 Å². The summed E-state index contributed by atoms with van der Waals surface area (Å²) in [7, 11) is -4.33. The van der Waals surface area contributed by atoms with Crippen LogP contribution in [-0.2, 0) is 14.9 Å². The summed E-state index contributed by atoms with van der Waals surface area (Å²) in [5.41, 5.74) is 0. The van der Waals surface area contributed by atoms with Crippen molar-refractivity contribution in [3.63, 3.8) is 0 Å². The van der Waals surface area contributed by atoms with Crippen molar-refractivity contribution >= 4 is 16.0 Å². The Bertz CT molecular complexity index is 842. The van der Waals surface area contributed by atoms with Crippen molar-refractivity contribution in [3.8, 4) is 0 Å². The first-order valence-corrected chi connectivity index (χ1v) is 21.6. The Morgan fingerprint density at radius 2 is 0.894 bits per heavy atom. The average Bonchev–Trinajstić information content (AvgIpc) is 3.03. The van der Waals surface area contributed by atoms with Crippen LogP contribution < -0.4 is 5.32 Å². The van der Waals surface area contributed by atoms with Gasteiger partial charge in [-0.2, -0.15) is 8.42 Å². The minimum Gasteiger partial charge on any atom is -0.387 e. The first-order valence-electron chi connectivity index (χ1n) is 20.0. The van der Waals surface area contributed by atoms with Crippen LogP contribution in [0.15, 0.2) is 24.3 Å². The van der Waals surface area contributed by atoms with Gasteiger partial charge in [-0.05, 0) is 44.9 Å². The van der Waals surface area contributed by atoms with Crippen molar-refractivity contribution in [2.45, 2.75) is 219 Å². The van der Waals surface area contributed by atoms with Gasteiger partial charge in [0.2, 0.25) is 5.91 Å². The molecule has 6 nitrogen and oxygen atoms in total. The number of allylic oxidation sites excluding steroid dienone is 3. The van der Waals surface area contributed by atoms with Crippen molar-refractivity contribution in [2.75, 3.05) is 5.75 Å². The molecule has 3 N–H and O–H groups in total. The van der Waals surface area contributed by atoms with Gasteiger partial charge in [0.05, 0.1) is 17.9 Å². The van der Waals surface area contributed by atoms with E-state index in [1.165, 1.54) is 148 Å². The number of aliphatic hydroxyl groups is 1. The van der Waals surface area contributed by atoms with Crippen LogP contribution in [-0.4, -0.2) is 41.9 Å². The van der Waals surface area contributed by atoms with Crippen LogP contribution in [0.2, 0.25) is 0 Å². The Balaban J connectivity index is 3.78. The molecule has 7 heteroatoms. The minimum absolute atomic E-state index is 0.280. The molecular weight excluding hydrogens is 607 g/mol. The molecule has 47 heavy (non-hydrogen) atoms. The smallest absolute Gasteiger partial charge is 0.267 e. The van der Waals surface area contributed by atoms with Crippen LogP contribution in [0.5, 0.6) is 0 Å². The normalized spacial score (nSPS) is 13.5. The molecule has 2 atom stereocenters. The van der Waals surface area contributed by atoms with Crippen molar-refractivity contribution < 1.29 is 22.9 Å². The van der Waals surface area contributed by atoms with Crippen LogP contribution in [0, 0.1) is 0 Å². The molecule has 0 aromatic heterocycles. The van der Waals surface area contributed by atoms with E-state index in [4.69, 9.17) is 0 Å². The number of carbonyl (C=O) groups is 1. The van der Waals surface area contributed by atoms with Gasteiger partial charge in [-0.25, -0.2) is 0 Å². The lowest BCUT2D eigenvalue weighted by molar-refractivity contribution is -0.122. The molecule has 0 aliphatic carbocycles. The van der Waals surface area contributed by atoms with Gasteiger partial charge in [0.1, 0.15) is 0 Å². The van der Waals surface area contributed by atoms with Crippen LogP contribution in [0.4, 0.5) is 0 Å². The average molecular weight is 684 g/mol. The standard InChI is InChI=1S/C40H77NO5S/c1-3-5-7-9-11-13-14-15-16-17-18-19-20-21-22-23-24-25-26-28-30-32-34-36-40(43)41-38(37-47(44,45)46)39(42)35-33-31-29-27-12-10-8-6-4-2/h17-18,33,35,38-39,42H,3-16,19-32,34,36-37H2,1-2H3,(H,41,43)(H,44,45,46)/b18-17-,35-33+. The molecule has 0 radical (unpaired) electrons. The van der Waals surface area contributed by atoms with Gasteiger partial charge in [-0.3, -0.25) is 9.35 Å². The van der Waals surface area contributed by atoms with Crippen molar-refractivity contribution in [3.05, 3.63) is 24.3 Å². The molecule has 278 valence electrons. The van der Waals surface area contributed by atoms with Gasteiger partial charge in [0.15, 0.2) is 0 Å². The van der Waals surface area contributed by atoms with E-state index in [2.05, 4.69) is 31.3 Å². The third-order valence-corrected chi connectivity index (χ3v) is 9.90. The number of aliphatic hydroxyl groups excluding tert-OH is 1. The zero-order chi connectivity index (χ0) is 34.7. The third-order valence-electron chi connectivity index (χ3n) is 9.12. The maximum absolute atomic E-state index is 12.5. The third kappa shape index (κ3) is 35.9. The van der Waals surface area contributed by atoms with E-state index in [1.807, 2.05) is 6.08 Å². The maximum atomic E-state index is 12.5. The quantitative estimate of drug-likeness (QED) is 0.0346. The molecule has 0 heterocycles. The van der Waals surface area contributed by atoms with Crippen LogP contribution in [0.3, 0.4) is 0 Å². The second-order valence-electron chi connectivity index (χ2n) is 13.9. The fourth-order valence-electron chi connectivity index (χ4n) is 6.09. The highest BCUT2D eigenvalue weighted by Gasteiger charge is 2.24. The topological polar surface area (TPSA) is 104 Å². The lowest BCUT2D eigenvalue weighted by atomic mass is 10.0. The summed E-state index contributed by atoms with van der Waals surface area (Å²) in [5, 5.41) is 13.1. The predicted octanol–water partition coefficient (Wildman–Crippen LogP) is 11.6. The Kier molecular flexibility index (Phi) is 33.8. The number of carbonyl (C=O) groups excluding carboxylic acids is 1. The summed E-state index contributed by atoms with van der Waals surface area (Å²) in [6, 6.07) is -1.05. The number of hydrogen-bond donors (Lipinski definition) is 3. The number of amides is 1. The summed E-state index contributed by atoms with van der Waals surface area (Å²) >= 11 is 0. The van der Waals surface area contributed by atoms with Crippen LogP contribution >= 0.6 is 0 Å². The molecule has 0 fully saturated rings. The largest absolute Gasteiger partial charge is 0.387 e. The van der Waals surface area contributed by atoms with E-state index in [0.717, 1.165) is 38.5 Å². The highest BCUT2D eigenvalue weighted by Crippen LogP contribution is 2.14. The zero-order valence-corrected chi connectivity index (χ0v) is 31.7. The summed E-state index contributed by atoms with van der Waals surface area (Å²) in [5.74, 6) is -0.977. The Labute approximate surface area is 292 Å². The summed E-state index contributed by atoms with van der Waals surface area (Å²) in [6.07, 6.45) is 43.2. The molecule has 0 aromatic carbocycles. The number of rotatable bonds is 36. The van der Waals surface area contributed by atoms with Gasteiger partial charge in [-0.15, -0.1) is 0 Å². The fraction of sp³-hybridized carbons (Fsp3) is 0.875. The van der Waals surface area contributed by atoms with E-state index >= 15 is 0 Å². The van der Waals surface area contributed by atoms with Gasteiger partial charge in [0, 0.05) is 6.42 Å². The molecule has 0 aliphatic rings. The molecule has 0 aromatic rings. The first kappa shape index (κ1) is 45.8. The fourth-order valence-corrected chi connectivity index (χ4v) is 6.83. The Morgan fingerprint density at radius 3 is 1.28 bits per heavy atom. The second-order valence-corrected chi connectivity index (χ2v) is 15.4. The second kappa shape index (κ2) is 34.7. The zero-order valence-electron chi connectivity index (χ0n) is 30.9. The molecular formula is C40H77NO5S. The lowest BCUT2D eigenvalue weighted by Crippen LogP contribution is -2.46. The summed E-state index contributed by atoms with van der Waals surface area (Å²) < 4.78 is 32.3. The molecule has 0 aliphatic heterocycles. The lowest BCUT2D eigenvalue weighted by Gasteiger charge is -2.21. The predicted molar refractivity (Wildman–Crippen MR) is 202 cm³/mol. The van der Waals surface area contributed by atoms with E-state index < -0.39 is 28.0 Å². The highest BCUT2D eigenvalue weighted by molar-refractivity contribution is 7.85. The molecule has 0 saturated heterocycles. The number of hydrogen-bond acceptors (Lipinski definition) is 4. The van der Waals surface area contributed by atoms with E-state index in [-0.39, 0.29) is 5.91 Å².